The van der Waals surface area contributed by atoms with Gasteiger partial charge >= 0.3 is 0 Å². The highest BCUT2D eigenvalue weighted by Crippen LogP contribution is 2.57. The SMILES string of the molecule is Nc1cc(C2C3COCC32)nn1CCO. The highest BCUT2D eigenvalue weighted by molar-refractivity contribution is 5.36. The third-order valence-corrected chi connectivity index (χ3v) is 3.44. The van der Waals surface area contributed by atoms with Gasteiger partial charge in [0, 0.05) is 12.0 Å². The molecule has 1 aromatic heterocycles. The van der Waals surface area contributed by atoms with Gasteiger partial charge in [-0.25, -0.2) is 4.68 Å². The molecule has 1 saturated carbocycles. The van der Waals surface area contributed by atoms with Crippen LogP contribution >= 0.6 is 0 Å². The molecule has 2 atom stereocenters. The van der Waals surface area contributed by atoms with E-state index in [1.54, 1.807) is 4.68 Å². The molecule has 1 aromatic rings. The number of nitrogen functional groups attached to an aromatic ring is 1. The third kappa shape index (κ3) is 1.34. The molecule has 3 rings (SSSR count). The van der Waals surface area contributed by atoms with Crippen molar-refractivity contribution < 1.29 is 9.84 Å². The van der Waals surface area contributed by atoms with Crippen molar-refractivity contribution in [1.29, 1.82) is 0 Å². The van der Waals surface area contributed by atoms with Gasteiger partial charge in [-0.2, -0.15) is 5.10 Å². The minimum atomic E-state index is 0.0754. The zero-order valence-electron chi connectivity index (χ0n) is 8.47. The molecule has 1 saturated heterocycles. The molecule has 2 fully saturated rings. The summed E-state index contributed by atoms with van der Waals surface area (Å²) < 4.78 is 7.01. The van der Waals surface area contributed by atoms with Gasteiger partial charge in [0.15, 0.2) is 0 Å². The predicted octanol–water partition coefficient (Wildman–Crippen LogP) is -0.183. The number of fused-ring (bicyclic) bond motifs is 1. The lowest BCUT2D eigenvalue weighted by atomic mass is 10.2. The minimum absolute atomic E-state index is 0.0754. The molecule has 0 amide bonds. The van der Waals surface area contributed by atoms with Gasteiger partial charge in [-0.1, -0.05) is 0 Å². The summed E-state index contributed by atoms with van der Waals surface area (Å²) >= 11 is 0. The first-order valence-electron chi connectivity index (χ1n) is 5.33. The maximum atomic E-state index is 8.83. The molecule has 5 heteroatoms. The summed E-state index contributed by atoms with van der Waals surface area (Å²) in [5.74, 6) is 2.50. The number of ether oxygens (including phenoxy) is 1. The molecule has 0 radical (unpaired) electrons. The van der Waals surface area contributed by atoms with Crippen molar-refractivity contribution in [3.63, 3.8) is 0 Å². The fraction of sp³-hybridized carbons (Fsp3) is 0.700. The number of hydrogen-bond donors (Lipinski definition) is 2. The average molecular weight is 209 g/mol. The molecule has 15 heavy (non-hydrogen) atoms. The van der Waals surface area contributed by atoms with E-state index in [2.05, 4.69) is 5.10 Å². The van der Waals surface area contributed by atoms with Crippen LogP contribution in [-0.2, 0) is 11.3 Å². The predicted molar refractivity (Wildman–Crippen MR) is 54.3 cm³/mol. The largest absolute Gasteiger partial charge is 0.394 e. The van der Waals surface area contributed by atoms with E-state index >= 15 is 0 Å². The number of nitrogens with two attached hydrogens (primary N) is 1. The average Bonchev–Trinajstić information content (AvgIpc) is 2.62. The standard InChI is InChI=1S/C10H15N3O2/c11-9-3-8(12-13(9)1-2-14)10-6-4-15-5-7(6)10/h3,6-7,10,14H,1-2,4-5,11H2. The first-order chi connectivity index (χ1) is 7.31. The van der Waals surface area contributed by atoms with Crippen LogP contribution in [0.4, 0.5) is 5.82 Å². The second-order valence-corrected chi connectivity index (χ2v) is 4.33. The molecule has 2 heterocycles. The molecular weight excluding hydrogens is 194 g/mol. The van der Waals surface area contributed by atoms with Crippen LogP contribution in [0.5, 0.6) is 0 Å². The van der Waals surface area contributed by atoms with Crippen molar-refractivity contribution in [3.8, 4) is 0 Å². The lowest BCUT2D eigenvalue weighted by molar-refractivity contribution is 0.159. The lowest BCUT2D eigenvalue weighted by Gasteiger charge is -2.00. The maximum Gasteiger partial charge on any atom is 0.122 e. The van der Waals surface area contributed by atoms with Gasteiger partial charge in [0.05, 0.1) is 32.1 Å². The first kappa shape index (κ1) is 9.18. The molecule has 2 unspecified atom stereocenters. The van der Waals surface area contributed by atoms with E-state index in [1.165, 1.54) is 0 Å². The molecule has 82 valence electrons. The van der Waals surface area contributed by atoms with Crippen molar-refractivity contribution in [2.24, 2.45) is 11.8 Å². The quantitative estimate of drug-likeness (QED) is 0.724. The molecular formula is C10H15N3O2. The van der Waals surface area contributed by atoms with Crippen LogP contribution in [0.15, 0.2) is 6.07 Å². The summed E-state index contributed by atoms with van der Waals surface area (Å²) in [4.78, 5) is 0. The Labute approximate surface area is 87.8 Å². The number of aliphatic hydroxyl groups is 1. The Balaban J connectivity index is 1.79. The first-order valence-corrected chi connectivity index (χ1v) is 5.33. The Bertz CT molecular complexity index is 367. The minimum Gasteiger partial charge on any atom is -0.394 e. The summed E-state index contributed by atoms with van der Waals surface area (Å²) in [7, 11) is 0. The topological polar surface area (TPSA) is 73.3 Å². The Kier molecular flexibility index (Phi) is 1.97. The summed E-state index contributed by atoms with van der Waals surface area (Å²) in [6, 6.07) is 1.93. The summed E-state index contributed by atoms with van der Waals surface area (Å²) in [6.07, 6.45) is 0. The highest BCUT2D eigenvalue weighted by atomic mass is 16.5. The van der Waals surface area contributed by atoms with Gasteiger partial charge in [0.25, 0.3) is 0 Å². The van der Waals surface area contributed by atoms with Gasteiger partial charge in [0.1, 0.15) is 5.82 Å². The van der Waals surface area contributed by atoms with Crippen molar-refractivity contribution in [2.75, 3.05) is 25.6 Å². The smallest absolute Gasteiger partial charge is 0.122 e. The Morgan fingerprint density at radius 2 is 2.27 bits per heavy atom. The van der Waals surface area contributed by atoms with Gasteiger partial charge in [0.2, 0.25) is 0 Å². The van der Waals surface area contributed by atoms with Crippen LogP contribution in [-0.4, -0.2) is 34.7 Å². The van der Waals surface area contributed by atoms with E-state index in [0.717, 1.165) is 18.9 Å². The monoisotopic (exact) mass is 209 g/mol. The van der Waals surface area contributed by atoms with E-state index < -0.39 is 0 Å². The Morgan fingerprint density at radius 1 is 1.53 bits per heavy atom. The van der Waals surface area contributed by atoms with Crippen molar-refractivity contribution in [2.45, 2.75) is 12.5 Å². The molecule has 1 aliphatic heterocycles. The van der Waals surface area contributed by atoms with Crippen LogP contribution in [0.1, 0.15) is 11.6 Å². The van der Waals surface area contributed by atoms with Crippen molar-refractivity contribution >= 4 is 5.82 Å². The maximum absolute atomic E-state index is 8.83. The van der Waals surface area contributed by atoms with Crippen molar-refractivity contribution in [3.05, 3.63) is 11.8 Å². The van der Waals surface area contributed by atoms with Gasteiger partial charge in [-0.15, -0.1) is 0 Å². The number of aromatic nitrogens is 2. The number of anilines is 1. The van der Waals surface area contributed by atoms with Gasteiger partial charge in [-0.05, 0) is 11.8 Å². The summed E-state index contributed by atoms with van der Waals surface area (Å²) in [5.41, 5.74) is 6.87. The van der Waals surface area contributed by atoms with E-state index in [4.69, 9.17) is 15.6 Å². The normalized spacial score (nSPS) is 33.0. The van der Waals surface area contributed by atoms with Crippen LogP contribution < -0.4 is 5.73 Å². The Hall–Kier alpha value is -1.07. The zero-order valence-corrected chi connectivity index (χ0v) is 8.47. The van der Waals surface area contributed by atoms with Crippen LogP contribution in [0.25, 0.3) is 0 Å². The summed E-state index contributed by atoms with van der Waals surface area (Å²) in [6.45, 7) is 2.28. The fourth-order valence-corrected chi connectivity index (χ4v) is 2.57. The molecule has 0 spiro atoms. The Morgan fingerprint density at radius 3 is 2.93 bits per heavy atom. The summed E-state index contributed by atoms with van der Waals surface area (Å²) in [5, 5.41) is 13.3. The molecule has 2 aliphatic rings. The van der Waals surface area contributed by atoms with E-state index in [1.807, 2.05) is 6.07 Å². The van der Waals surface area contributed by atoms with Crippen LogP contribution in [0, 0.1) is 11.8 Å². The highest BCUT2D eigenvalue weighted by Gasteiger charge is 2.55. The molecule has 0 aromatic carbocycles. The number of aliphatic hydroxyl groups excluding tert-OH is 1. The number of nitrogens with zero attached hydrogens (tertiary/aromatic N) is 2. The third-order valence-electron chi connectivity index (χ3n) is 3.44. The van der Waals surface area contributed by atoms with Gasteiger partial charge in [-0.3, -0.25) is 0 Å². The lowest BCUT2D eigenvalue weighted by Crippen LogP contribution is -2.07. The van der Waals surface area contributed by atoms with E-state index in [0.29, 0.717) is 30.1 Å². The molecule has 3 N–H and O–H groups in total. The fourth-order valence-electron chi connectivity index (χ4n) is 2.57. The molecule has 1 aliphatic carbocycles. The van der Waals surface area contributed by atoms with E-state index in [9.17, 15) is 0 Å². The number of rotatable bonds is 3. The second kappa shape index (κ2) is 3.21. The molecule has 5 nitrogen and oxygen atoms in total. The van der Waals surface area contributed by atoms with Gasteiger partial charge < -0.3 is 15.6 Å². The second-order valence-electron chi connectivity index (χ2n) is 4.33. The van der Waals surface area contributed by atoms with E-state index in [-0.39, 0.29) is 6.61 Å². The van der Waals surface area contributed by atoms with Crippen molar-refractivity contribution in [1.82, 2.24) is 9.78 Å². The molecule has 0 bridgehead atoms. The van der Waals surface area contributed by atoms with Crippen LogP contribution in [0.2, 0.25) is 0 Å². The number of hydrogen-bond acceptors (Lipinski definition) is 4. The zero-order chi connectivity index (χ0) is 10.4. The van der Waals surface area contributed by atoms with Crippen LogP contribution in [0.3, 0.4) is 0 Å².